The van der Waals surface area contributed by atoms with Crippen LogP contribution < -0.4 is 15.2 Å². The van der Waals surface area contributed by atoms with Crippen LogP contribution in [0.3, 0.4) is 0 Å². The second-order valence-electron chi connectivity index (χ2n) is 3.60. The molecule has 0 saturated heterocycles. The molecule has 0 saturated carbocycles. The zero-order chi connectivity index (χ0) is 10.1. The van der Waals surface area contributed by atoms with Crippen LogP contribution in [0.1, 0.15) is 23.6 Å². The van der Waals surface area contributed by atoms with E-state index in [0.717, 1.165) is 29.0 Å². The fourth-order valence-electron chi connectivity index (χ4n) is 1.78. The van der Waals surface area contributed by atoms with Crippen LogP contribution in [-0.2, 0) is 0 Å². The first-order chi connectivity index (χ1) is 6.72. The van der Waals surface area contributed by atoms with Gasteiger partial charge >= 0.3 is 0 Å². The third-order valence-corrected chi connectivity index (χ3v) is 2.61. The Morgan fingerprint density at radius 2 is 2.29 bits per heavy atom. The molecule has 0 aromatic heterocycles. The summed E-state index contributed by atoms with van der Waals surface area (Å²) in [6.45, 7) is 2.71. The van der Waals surface area contributed by atoms with E-state index in [1.165, 1.54) is 0 Å². The maximum Gasteiger partial charge on any atom is 0.127 e. The Balaban J connectivity index is 2.48. The molecule has 1 aliphatic rings. The third-order valence-electron chi connectivity index (χ3n) is 2.61. The summed E-state index contributed by atoms with van der Waals surface area (Å²) >= 11 is 0. The molecule has 1 aliphatic heterocycles. The van der Waals surface area contributed by atoms with Crippen LogP contribution in [0.2, 0.25) is 0 Å². The first kappa shape index (κ1) is 9.34. The molecule has 2 rings (SSSR count). The summed E-state index contributed by atoms with van der Waals surface area (Å²) in [7, 11) is 1.66. The molecule has 1 atom stereocenters. The maximum atomic E-state index is 5.99. The lowest BCUT2D eigenvalue weighted by atomic mass is 9.99. The Hall–Kier alpha value is -1.22. The molecular formula is C11H15NO2. The van der Waals surface area contributed by atoms with Gasteiger partial charge in [0, 0.05) is 24.1 Å². The molecule has 14 heavy (non-hydrogen) atoms. The number of hydrogen-bond acceptors (Lipinski definition) is 3. The van der Waals surface area contributed by atoms with E-state index in [2.05, 4.69) is 6.07 Å². The summed E-state index contributed by atoms with van der Waals surface area (Å²) in [5, 5.41) is 0. The molecule has 2 N–H and O–H groups in total. The lowest BCUT2D eigenvalue weighted by Gasteiger charge is -2.24. The van der Waals surface area contributed by atoms with Crippen molar-refractivity contribution in [3.05, 3.63) is 23.3 Å². The van der Waals surface area contributed by atoms with Crippen molar-refractivity contribution in [2.45, 2.75) is 19.4 Å². The van der Waals surface area contributed by atoms with Crippen LogP contribution in [0.15, 0.2) is 12.1 Å². The van der Waals surface area contributed by atoms with E-state index in [-0.39, 0.29) is 6.04 Å². The summed E-state index contributed by atoms with van der Waals surface area (Å²) in [5.74, 6) is 1.73. The Kier molecular flexibility index (Phi) is 2.33. The minimum Gasteiger partial charge on any atom is -0.496 e. The predicted molar refractivity (Wildman–Crippen MR) is 54.8 cm³/mol. The van der Waals surface area contributed by atoms with Crippen molar-refractivity contribution < 1.29 is 9.47 Å². The number of methoxy groups -OCH3 is 1. The van der Waals surface area contributed by atoms with Gasteiger partial charge in [-0.15, -0.1) is 0 Å². The molecule has 0 aliphatic carbocycles. The summed E-state index contributed by atoms with van der Waals surface area (Å²) in [6.07, 6.45) is 0.888. The largest absolute Gasteiger partial charge is 0.496 e. The van der Waals surface area contributed by atoms with Crippen molar-refractivity contribution in [1.82, 2.24) is 0 Å². The number of rotatable bonds is 1. The fraction of sp³-hybridized carbons (Fsp3) is 0.455. The van der Waals surface area contributed by atoms with Gasteiger partial charge in [-0.05, 0) is 18.6 Å². The van der Waals surface area contributed by atoms with Crippen LogP contribution in [0, 0.1) is 6.92 Å². The Morgan fingerprint density at radius 1 is 1.50 bits per heavy atom. The fourth-order valence-corrected chi connectivity index (χ4v) is 1.78. The molecule has 0 spiro atoms. The molecule has 3 nitrogen and oxygen atoms in total. The Morgan fingerprint density at radius 3 is 3.00 bits per heavy atom. The quantitative estimate of drug-likeness (QED) is 0.739. The van der Waals surface area contributed by atoms with Gasteiger partial charge in [-0.1, -0.05) is 0 Å². The minimum atomic E-state index is 0.100. The highest BCUT2D eigenvalue weighted by Gasteiger charge is 2.19. The van der Waals surface area contributed by atoms with Crippen molar-refractivity contribution >= 4 is 0 Å². The second kappa shape index (κ2) is 3.50. The van der Waals surface area contributed by atoms with E-state index < -0.39 is 0 Å². The lowest BCUT2D eigenvalue weighted by molar-refractivity contribution is 0.267. The average molecular weight is 193 g/mol. The van der Waals surface area contributed by atoms with Crippen molar-refractivity contribution in [1.29, 1.82) is 0 Å². The zero-order valence-electron chi connectivity index (χ0n) is 8.54. The van der Waals surface area contributed by atoms with Gasteiger partial charge < -0.3 is 15.2 Å². The van der Waals surface area contributed by atoms with E-state index in [0.29, 0.717) is 6.61 Å². The summed E-state index contributed by atoms with van der Waals surface area (Å²) in [5.41, 5.74) is 8.18. The van der Waals surface area contributed by atoms with Crippen molar-refractivity contribution in [3.63, 3.8) is 0 Å². The number of hydrogen-bond donors (Lipinski definition) is 1. The number of fused-ring (bicyclic) bond motifs is 1. The molecule has 0 radical (unpaired) electrons. The van der Waals surface area contributed by atoms with Crippen LogP contribution in [0.25, 0.3) is 0 Å². The Labute approximate surface area is 83.8 Å². The van der Waals surface area contributed by atoms with Gasteiger partial charge in [-0.2, -0.15) is 0 Å². The molecule has 0 amide bonds. The number of aryl methyl sites for hydroxylation is 1. The summed E-state index contributed by atoms with van der Waals surface area (Å²) < 4.78 is 10.8. The van der Waals surface area contributed by atoms with Crippen LogP contribution in [0.4, 0.5) is 0 Å². The van der Waals surface area contributed by atoms with E-state index in [1.807, 2.05) is 13.0 Å². The molecule has 0 unspecified atom stereocenters. The Bertz CT molecular complexity index is 349. The van der Waals surface area contributed by atoms with Crippen molar-refractivity contribution in [3.8, 4) is 11.5 Å². The SMILES string of the molecule is COc1cc2c(cc1C)[C@@H](N)CCO2. The normalized spacial score (nSPS) is 19.8. The molecule has 1 aromatic carbocycles. The highest BCUT2D eigenvalue weighted by Crippen LogP contribution is 2.35. The second-order valence-corrected chi connectivity index (χ2v) is 3.60. The van der Waals surface area contributed by atoms with Gasteiger partial charge in [-0.3, -0.25) is 0 Å². The molecule has 1 aromatic rings. The van der Waals surface area contributed by atoms with Crippen molar-refractivity contribution in [2.24, 2.45) is 5.73 Å². The first-order valence-corrected chi connectivity index (χ1v) is 4.79. The average Bonchev–Trinajstić information content (AvgIpc) is 2.19. The first-order valence-electron chi connectivity index (χ1n) is 4.79. The summed E-state index contributed by atoms with van der Waals surface area (Å²) in [4.78, 5) is 0. The number of nitrogens with two attached hydrogens (primary N) is 1. The minimum absolute atomic E-state index is 0.100. The molecule has 0 bridgehead atoms. The van der Waals surface area contributed by atoms with E-state index in [1.54, 1.807) is 7.11 Å². The lowest BCUT2D eigenvalue weighted by Crippen LogP contribution is -2.20. The molecular weight excluding hydrogens is 178 g/mol. The van der Waals surface area contributed by atoms with E-state index >= 15 is 0 Å². The predicted octanol–water partition coefficient (Wildman–Crippen LogP) is 1.79. The topological polar surface area (TPSA) is 44.5 Å². The monoisotopic (exact) mass is 193 g/mol. The van der Waals surface area contributed by atoms with Gasteiger partial charge in [0.05, 0.1) is 13.7 Å². The van der Waals surface area contributed by atoms with Crippen LogP contribution >= 0.6 is 0 Å². The number of ether oxygens (including phenoxy) is 2. The standard InChI is InChI=1S/C11H15NO2/c1-7-5-8-9(12)3-4-14-11(8)6-10(7)13-2/h5-6,9H,3-4,12H2,1-2H3/t9-/m0/s1. The van der Waals surface area contributed by atoms with Crippen molar-refractivity contribution in [2.75, 3.05) is 13.7 Å². The van der Waals surface area contributed by atoms with Gasteiger partial charge in [0.1, 0.15) is 11.5 Å². The van der Waals surface area contributed by atoms with Gasteiger partial charge in [0.25, 0.3) is 0 Å². The highest BCUT2D eigenvalue weighted by molar-refractivity contribution is 5.48. The van der Waals surface area contributed by atoms with Crippen LogP contribution in [0.5, 0.6) is 11.5 Å². The van der Waals surface area contributed by atoms with E-state index in [9.17, 15) is 0 Å². The molecule has 0 fully saturated rings. The van der Waals surface area contributed by atoms with Crippen LogP contribution in [-0.4, -0.2) is 13.7 Å². The summed E-state index contributed by atoms with van der Waals surface area (Å²) in [6, 6.07) is 4.07. The van der Waals surface area contributed by atoms with Gasteiger partial charge in [-0.25, -0.2) is 0 Å². The molecule has 76 valence electrons. The van der Waals surface area contributed by atoms with Gasteiger partial charge in [0.15, 0.2) is 0 Å². The third kappa shape index (κ3) is 1.44. The highest BCUT2D eigenvalue weighted by atomic mass is 16.5. The number of benzene rings is 1. The maximum absolute atomic E-state index is 5.99. The van der Waals surface area contributed by atoms with E-state index in [4.69, 9.17) is 15.2 Å². The zero-order valence-corrected chi connectivity index (χ0v) is 8.54. The molecule has 1 heterocycles. The van der Waals surface area contributed by atoms with Gasteiger partial charge in [0.2, 0.25) is 0 Å². The smallest absolute Gasteiger partial charge is 0.127 e. The molecule has 3 heteroatoms.